The van der Waals surface area contributed by atoms with Gasteiger partial charge in [-0.1, -0.05) is 43.2 Å². The molecule has 0 amide bonds. The Labute approximate surface area is 155 Å². The number of anilines is 1. The summed E-state index contributed by atoms with van der Waals surface area (Å²) in [6.07, 6.45) is 5.84. The average Bonchev–Trinajstić information content (AvgIpc) is 2.66. The Balaban J connectivity index is 1.58. The molecule has 0 heterocycles. The summed E-state index contributed by atoms with van der Waals surface area (Å²) in [5.74, 6) is -1.07. The van der Waals surface area contributed by atoms with Crippen molar-refractivity contribution < 1.29 is 14.7 Å². The first-order chi connectivity index (χ1) is 12.6. The molecule has 0 radical (unpaired) electrons. The minimum absolute atomic E-state index is 0.0467. The lowest BCUT2D eigenvalue weighted by molar-refractivity contribution is -0.136. The summed E-state index contributed by atoms with van der Waals surface area (Å²) in [4.78, 5) is 22.4. The van der Waals surface area contributed by atoms with Crippen LogP contribution < -0.4 is 5.32 Å². The fourth-order valence-corrected chi connectivity index (χ4v) is 2.82. The number of nitrogens with one attached hydrogen (secondary N) is 1. The second-order valence-electron chi connectivity index (χ2n) is 6.47. The number of carboxylic acids is 1. The first-order valence-corrected chi connectivity index (χ1v) is 9.28. The van der Waals surface area contributed by atoms with E-state index in [0.717, 1.165) is 25.1 Å². The van der Waals surface area contributed by atoms with Gasteiger partial charge in [0.05, 0.1) is 6.42 Å². The molecule has 0 aliphatic rings. The first kappa shape index (κ1) is 19.7. The number of ketones is 1. The number of rotatable bonds is 12. The third-order valence-electron chi connectivity index (χ3n) is 4.34. The summed E-state index contributed by atoms with van der Waals surface area (Å²) in [5.41, 5.74) is 2.96. The third-order valence-corrected chi connectivity index (χ3v) is 4.34. The predicted octanol–water partition coefficient (Wildman–Crippen LogP) is 4.95. The molecule has 0 saturated carbocycles. The number of Topliss-reactive ketones (excluding diaryl/α,β-unsaturated/α-hetero) is 1. The zero-order valence-corrected chi connectivity index (χ0v) is 15.1. The van der Waals surface area contributed by atoms with E-state index >= 15 is 0 Å². The first-order valence-electron chi connectivity index (χ1n) is 9.28. The molecule has 0 aliphatic carbocycles. The summed E-state index contributed by atoms with van der Waals surface area (Å²) in [5, 5.41) is 12.0. The standard InChI is InChI=1S/C22H27NO3/c24-21(15-16-22(25)26)19-11-13-20(14-12-19)23-17-7-2-1-4-8-18-9-5-3-6-10-18/h3,5-6,9-14,23H,1-2,4,7-8,15-17H2,(H,25,26). The molecule has 2 aromatic carbocycles. The molecule has 0 spiro atoms. The molecule has 138 valence electrons. The van der Waals surface area contributed by atoms with Gasteiger partial charge in [0, 0.05) is 24.2 Å². The van der Waals surface area contributed by atoms with E-state index in [0.29, 0.717) is 5.56 Å². The highest BCUT2D eigenvalue weighted by molar-refractivity contribution is 5.97. The molecule has 0 unspecified atom stereocenters. The number of aliphatic carboxylic acids is 1. The van der Waals surface area contributed by atoms with Gasteiger partial charge in [-0.3, -0.25) is 9.59 Å². The quantitative estimate of drug-likeness (QED) is 0.418. The Kier molecular flexibility index (Phi) is 8.40. The zero-order chi connectivity index (χ0) is 18.6. The molecule has 0 fully saturated rings. The van der Waals surface area contributed by atoms with Gasteiger partial charge in [0.15, 0.2) is 5.78 Å². The molecule has 2 rings (SSSR count). The summed E-state index contributed by atoms with van der Waals surface area (Å²) in [6, 6.07) is 17.9. The van der Waals surface area contributed by atoms with Gasteiger partial charge >= 0.3 is 5.97 Å². The van der Waals surface area contributed by atoms with Crippen LogP contribution in [-0.4, -0.2) is 23.4 Å². The number of hydrogen-bond donors (Lipinski definition) is 2. The molecule has 0 saturated heterocycles. The van der Waals surface area contributed by atoms with Gasteiger partial charge in [-0.15, -0.1) is 0 Å². The minimum Gasteiger partial charge on any atom is -0.481 e. The largest absolute Gasteiger partial charge is 0.481 e. The van der Waals surface area contributed by atoms with Crippen LogP contribution in [0.3, 0.4) is 0 Å². The number of carbonyl (C=O) groups is 2. The summed E-state index contributed by atoms with van der Waals surface area (Å²) in [7, 11) is 0. The zero-order valence-electron chi connectivity index (χ0n) is 15.1. The topological polar surface area (TPSA) is 66.4 Å². The van der Waals surface area contributed by atoms with Crippen molar-refractivity contribution in [3.05, 3.63) is 65.7 Å². The number of carboxylic acid groups (broad SMARTS) is 1. The smallest absolute Gasteiger partial charge is 0.303 e. The van der Waals surface area contributed by atoms with Crippen LogP contribution >= 0.6 is 0 Å². The van der Waals surface area contributed by atoms with Crippen molar-refractivity contribution >= 4 is 17.4 Å². The van der Waals surface area contributed by atoms with Gasteiger partial charge < -0.3 is 10.4 Å². The van der Waals surface area contributed by atoms with E-state index in [-0.39, 0.29) is 18.6 Å². The summed E-state index contributed by atoms with van der Waals surface area (Å²) < 4.78 is 0. The maximum atomic E-state index is 11.8. The van der Waals surface area contributed by atoms with Crippen LogP contribution in [0.2, 0.25) is 0 Å². The van der Waals surface area contributed by atoms with E-state index < -0.39 is 5.97 Å². The SMILES string of the molecule is O=C(O)CCC(=O)c1ccc(NCCCCCCc2ccccc2)cc1. The minimum atomic E-state index is -0.944. The fraction of sp³-hybridized carbons (Fsp3) is 0.364. The molecule has 0 aliphatic heterocycles. The van der Waals surface area contributed by atoms with E-state index in [1.165, 1.54) is 24.8 Å². The molecule has 4 heteroatoms. The number of unbranched alkanes of at least 4 members (excludes halogenated alkanes) is 3. The van der Waals surface area contributed by atoms with Crippen molar-refractivity contribution in [1.82, 2.24) is 0 Å². The predicted molar refractivity (Wildman–Crippen MR) is 105 cm³/mol. The van der Waals surface area contributed by atoms with Crippen molar-refractivity contribution in [2.24, 2.45) is 0 Å². The normalized spacial score (nSPS) is 10.5. The molecule has 0 aromatic heterocycles. The fourth-order valence-electron chi connectivity index (χ4n) is 2.82. The Morgan fingerprint density at radius 3 is 2.19 bits per heavy atom. The van der Waals surface area contributed by atoms with E-state index in [9.17, 15) is 9.59 Å². The Morgan fingerprint density at radius 1 is 0.808 bits per heavy atom. The molecule has 0 atom stereocenters. The Morgan fingerprint density at radius 2 is 1.50 bits per heavy atom. The maximum Gasteiger partial charge on any atom is 0.303 e. The number of hydrogen-bond acceptors (Lipinski definition) is 3. The molecule has 2 N–H and O–H groups in total. The van der Waals surface area contributed by atoms with Gasteiger partial charge in [-0.2, -0.15) is 0 Å². The lowest BCUT2D eigenvalue weighted by atomic mass is 10.1. The van der Waals surface area contributed by atoms with Crippen LogP contribution in [0.1, 0.15) is 54.4 Å². The molecular formula is C22H27NO3. The van der Waals surface area contributed by atoms with Gasteiger partial charge in [-0.25, -0.2) is 0 Å². The van der Waals surface area contributed by atoms with Gasteiger partial charge in [-0.05, 0) is 49.1 Å². The van der Waals surface area contributed by atoms with Gasteiger partial charge in [0.25, 0.3) is 0 Å². The monoisotopic (exact) mass is 353 g/mol. The van der Waals surface area contributed by atoms with E-state index in [2.05, 4.69) is 29.6 Å². The van der Waals surface area contributed by atoms with E-state index in [1.54, 1.807) is 12.1 Å². The highest BCUT2D eigenvalue weighted by atomic mass is 16.4. The second-order valence-corrected chi connectivity index (χ2v) is 6.47. The van der Waals surface area contributed by atoms with Crippen LogP contribution in [0.25, 0.3) is 0 Å². The van der Waals surface area contributed by atoms with Crippen LogP contribution in [0.15, 0.2) is 54.6 Å². The van der Waals surface area contributed by atoms with Crippen LogP contribution in [0, 0.1) is 0 Å². The number of benzene rings is 2. The lowest BCUT2D eigenvalue weighted by Gasteiger charge is -2.07. The molecule has 26 heavy (non-hydrogen) atoms. The molecule has 2 aromatic rings. The van der Waals surface area contributed by atoms with Crippen LogP contribution in [0.5, 0.6) is 0 Å². The lowest BCUT2D eigenvalue weighted by Crippen LogP contribution is -2.05. The van der Waals surface area contributed by atoms with Crippen LogP contribution in [0.4, 0.5) is 5.69 Å². The Bertz CT molecular complexity index is 680. The highest BCUT2D eigenvalue weighted by Crippen LogP contribution is 2.13. The van der Waals surface area contributed by atoms with Crippen molar-refractivity contribution in [1.29, 1.82) is 0 Å². The van der Waals surface area contributed by atoms with Gasteiger partial charge in [0.1, 0.15) is 0 Å². The average molecular weight is 353 g/mol. The van der Waals surface area contributed by atoms with Crippen molar-refractivity contribution in [3.63, 3.8) is 0 Å². The van der Waals surface area contributed by atoms with E-state index in [4.69, 9.17) is 5.11 Å². The van der Waals surface area contributed by atoms with Crippen molar-refractivity contribution in [2.45, 2.75) is 44.9 Å². The summed E-state index contributed by atoms with van der Waals surface area (Å²) in [6.45, 7) is 0.914. The Hall–Kier alpha value is -2.62. The van der Waals surface area contributed by atoms with Gasteiger partial charge in [0.2, 0.25) is 0 Å². The molecular weight excluding hydrogens is 326 g/mol. The number of aryl methyl sites for hydroxylation is 1. The third kappa shape index (κ3) is 7.51. The van der Waals surface area contributed by atoms with E-state index in [1.807, 2.05) is 18.2 Å². The van der Waals surface area contributed by atoms with Crippen LogP contribution in [-0.2, 0) is 11.2 Å². The van der Waals surface area contributed by atoms with Crippen molar-refractivity contribution in [2.75, 3.05) is 11.9 Å². The number of carbonyl (C=O) groups excluding carboxylic acids is 1. The maximum absolute atomic E-state index is 11.8. The highest BCUT2D eigenvalue weighted by Gasteiger charge is 2.08. The molecule has 4 nitrogen and oxygen atoms in total. The summed E-state index contributed by atoms with van der Waals surface area (Å²) >= 11 is 0. The molecule has 0 bridgehead atoms. The second kappa shape index (κ2) is 11.1. The van der Waals surface area contributed by atoms with Crippen molar-refractivity contribution in [3.8, 4) is 0 Å².